The Morgan fingerprint density at radius 3 is 2.70 bits per heavy atom. The summed E-state index contributed by atoms with van der Waals surface area (Å²) < 4.78 is 10.5. The molecular formula is C14H15N3O3. The van der Waals surface area contributed by atoms with E-state index in [9.17, 15) is 4.79 Å². The molecule has 6 nitrogen and oxygen atoms in total. The molecule has 0 aliphatic carbocycles. The van der Waals surface area contributed by atoms with Gasteiger partial charge in [-0.2, -0.15) is 10.5 Å². The van der Waals surface area contributed by atoms with Crippen molar-refractivity contribution in [2.75, 3.05) is 27.3 Å². The van der Waals surface area contributed by atoms with E-state index in [4.69, 9.17) is 20.0 Å². The van der Waals surface area contributed by atoms with Crippen molar-refractivity contribution in [3.05, 3.63) is 23.8 Å². The number of rotatable bonds is 6. The third-order valence-corrected chi connectivity index (χ3v) is 2.63. The number of carbonyl (C=O) groups excluding carboxylic acids is 1. The monoisotopic (exact) mass is 273 g/mol. The van der Waals surface area contributed by atoms with Crippen molar-refractivity contribution in [3.63, 3.8) is 0 Å². The molecule has 0 saturated heterocycles. The second kappa shape index (κ2) is 7.65. The van der Waals surface area contributed by atoms with Crippen LogP contribution >= 0.6 is 0 Å². The van der Waals surface area contributed by atoms with Gasteiger partial charge in [0.1, 0.15) is 0 Å². The Kier molecular flexibility index (Phi) is 5.86. The van der Waals surface area contributed by atoms with Crippen molar-refractivity contribution in [2.24, 2.45) is 0 Å². The van der Waals surface area contributed by atoms with Crippen LogP contribution in [0, 0.1) is 22.7 Å². The normalized spacial score (nSPS) is 9.20. The standard InChI is InChI=1S/C14H15N3O3/c1-17(7-3-6-15)14(18)10-20-12-5-4-11(9-16)8-13(12)19-2/h4-5,8H,3,7,10H2,1-2H3. The van der Waals surface area contributed by atoms with Gasteiger partial charge in [0.2, 0.25) is 0 Å². The predicted octanol–water partition coefficient (Wildman–Crippen LogP) is 1.32. The molecule has 0 radical (unpaired) electrons. The van der Waals surface area contributed by atoms with Crippen LogP contribution in [0.5, 0.6) is 11.5 Å². The quantitative estimate of drug-likeness (QED) is 0.780. The van der Waals surface area contributed by atoms with Gasteiger partial charge in [0.15, 0.2) is 18.1 Å². The predicted molar refractivity (Wildman–Crippen MR) is 71.1 cm³/mol. The molecule has 104 valence electrons. The van der Waals surface area contributed by atoms with E-state index in [1.807, 2.05) is 12.1 Å². The van der Waals surface area contributed by atoms with E-state index >= 15 is 0 Å². The zero-order valence-corrected chi connectivity index (χ0v) is 11.4. The highest BCUT2D eigenvalue weighted by molar-refractivity contribution is 5.77. The van der Waals surface area contributed by atoms with Crippen LogP contribution in [0.3, 0.4) is 0 Å². The molecule has 0 aromatic heterocycles. The van der Waals surface area contributed by atoms with Gasteiger partial charge in [-0.15, -0.1) is 0 Å². The first-order valence-electron chi connectivity index (χ1n) is 5.94. The summed E-state index contributed by atoms with van der Waals surface area (Å²) >= 11 is 0. The number of hydrogen-bond acceptors (Lipinski definition) is 5. The minimum atomic E-state index is -0.230. The first-order valence-corrected chi connectivity index (χ1v) is 5.94. The Balaban J connectivity index is 2.64. The number of nitriles is 2. The number of hydrogen-bond donors (Lipinski definition) is 0. The summed E-state index contributed by atoms with van der Waals surface area (Å²) in [7, 11) is 3.07. The summed E-state index contributed by atoms with van der Waals surface area (Å²) in [5, 5.41) is 17.2. The maximum absolute atomic E-state index is 11.7. The minimum absolute atomic E-state index is 0.149. The van der Waals surface area contributed by atoms with Gasteiger partial charge in [0, 0.05) is 19.7 Å². The van der Waals surface area contributed by atoms with Crippen LogP contribution in [0.15, 0.2) is 18.2 Å². The van der Waals surface area contributed by atoms with Gasteiger partial charge in [-0.3, -0.25) is 4.79 Å². The lowest BCUT2D eigenvalue weighted by Gasteiger charge is -2.16. The highest BCUT2D eigenvalue weighted by Crippen LogP contribution is 2.27. The molecule has 0 N–H and O–H groups in total. The highest BCUT2D eigenvalue weighted by atomic mass is 16.5. The summed E-state index contributed by atoms with van der Waals surface area (Å²) in [5.74, 6) is 0.566. The molecule has 1 rings (SSSR count). The molecule has 0 aliphatic rings. The molecule has 0 fully saturated rings. The van der Waals surface area contributed by atoms with E-state index in [0.717, 1.165) is 0 Å². The number of benzene rings is 1. The Bertz CT molecular complexity index is 558. The molecule has 6 heteroatoms. The molecule has 0 bridgehead atoms. The topological polar surface area (TPSA) is 86.3 Å². The molecular weight excluding hydrogens is 258 g/mol. The van der Waals surface area contributed by atoms with Gasteiger partial charge in [0.25, 0.3) is 5.91 Å². The van der Waals surface area contributed by atoms with Gasteiger partial charge >= 0.3 is 0 Å². The fraction of sp³-hybridized carbons (Fsp3) is 0.357. The van der Waals surface area contributed by atoms with Crippen molar-refractivity contribution in [2.45, 2.75) is 6.42 Å². The van der Waals surface area contributed by atoms with Crippen molar-refractivity contribution < 1.29 is 14.3 Å². The molecule has 0 unspecified atom stereocenters. The van der Waals surface area contributed by atoms with Crippen molar-refractivity contribution in [3.8, 4) is 23.6 Å². The Morgan fingerprint density at radius 2 is 2.10 bits per heavy atom. The summed E-state index contributed by atoms with van der Waals surface area (Å²) in [4.78, 5) is 13.2. The SMILES string of the molecule is COc1cc(C#N)ccc1OCC(=O)N(C)CCC#N. The first-order chi connectivity index (χ1) is 9.62. The lowest BCUT2D eigenvalue weighted by Crippen LogP contribution is -2.32. The summed E-state index contributed by atoms with van der Waals surface area (Å²) in [6, 6.07) is 8.68. The van der Waals surface area contributed by atoms with Gasteiger partial charge in [-0.25, -0.2) is 0 Å². The minimum Gasteiger partial charge on any atom is -0.493 e. The third-order valence-electron chi connectivity index (χ3n) is 2.63. The number of amides is 1. The molecule has 1 aromatic rings. The average molecular weight is 273 g/mol. The third kappa shape index (κ3) is 4.18. The smallest absolute Gasteiger partial charge is 0.260 e. The molecule has 0 spiro atoms. The van der Waals surface area contributed by atoms with Crippen molar-refractivity contribution >= 4 is 5.91 Å². The van der Waals surface area contributed by atoms with E-state index in [1.165, 1.54) is 12.0 Å². The first kappa shape index (κ1) is 15.3. The second-order valence-electron chi connectivity index (χ2n) is 3.99. The number of methoxy groups -OCH3 is 1. The molecule has 0 saturated carbocycles. The van der Waals surface area contributed by atoms with Crippen molar-refractivity contribution in [1.29, 1.82) is 10.5 Å². The van der Waals surface area contributed by atoms with E-state index in [1.54, 1.807) is 25.2 Å². The summed E-state index contributed by atoms with van der Waals surface area (Å²) in [5.41, 5.74) is 0.451. The summed E-state index contributed by atoms with van der Waals surface area (Å²) in [6.45, 7) is 0.216. The lowest BCUT2D eigenvalue weighted by atomic mass is 10.2. The fourth-order valence-corrected chi connectivity index (χ4v) is 1.45. The van der Waals surface area contributed by atoms with E-state index in [2.05, 4.69) is 0 Å². The van der Waals surface area contributed by atoms with Crippen LogP contribution < -0.4 is 9.47 Å². The molecule has 0 aliphatic heterocycles. The van der Waals surface area contributed by atoms with E-state index in [0.29, 0.717) is 23.6 Å². The molecule has 20 heavy (non-hydrogen) atoms. The number of carbonyl (C=O) groups is 1. The van der Waals surface area contributed by atoms with Gasteiger partial charge < -0.3 is 14.4 Å². The van der Waals surface area contributed by atoms with Crippen LogP contribution in [-0.2, 0) is 4.79 Å². The Morgan fingerprint density at radius 1 is 1.35 bits per heavy atom. The average Bonchev–Trinajstić information content (AvgIpc) is 2.49. The van der Waals surface area contributed by atoms with Gasteiger partial charge in [-0.05, 0) is 12.1 Å². The van der Waals surface area contributed by atoms with Gasteiger partial charge in [0.05, 0.1) is 31.2 Å². The summed E-state index contributed by atoms with van der Waals surface area (Å²) in [6.07, 6.45) is 0.280. The van der Waals surface area contributed by atoms with Crippen LogP contribution in [0.25, 0.3) is 0 Å². The number of likely N-dealkylation sites (N-methyl/N-ethyl adjacent to an activating group) is 1. The zero-order chi connectivity index (χ0) is 15.0. The number of ether oxygens (including phenoxy) is 2. The highest BCUT2D eigenvalue weighted by Gasteiger charge is 2.11. The molecule has 0 atom stereocenters. The Labute approximate surface area is 117 Å². The van der Waals surface area contributed by atoms with Crippen LogP contribution in [-0.4, -0.2) is 38.1 Å². The van der Waals surface area contributed by atoms with Crippen LogP contribution in [0.1, 0.15) is 12.0 Å². The number of nitrogens with zero attached hydrogens (tertiary/aromatic N) is 3. The fourth-order valence-electron chi connectivity index (χ4n) is 1.45. The van der Waals surface area contributed by atoms with E-state index in [-0.39, 0.29) is 18.9 Å². The molecule has 1 amide bonds. The lowest BCUT2D eigenvalue weighted by molar-refractivity contribution is -0.132. The molecule has 0 heterocycles. The van der Waals surface area contributed by atoms with E-state index < -0.39 is 0 Å². The second-order valence-corrected chi connectivity index (χ2v) is 3.99. The van der Waals surface area contributed by atoms with Crippen molar-refractivity contribution in [1.82, 2.24) is 4.90 Å². The van der Waals surface area contributed by atoms with Gasteiger partial charge in [-0.1, -0.05) is 0 Å². The maximum Gasteiger partial charge on any atom is 0.260 e. The molecule has 1 aromatic carbocycles. The Hall–Kier alpha value is -2.73. The van der Waals surface area contributed by atoms with Crippen LogP contribution in [0.2, 0.25) is 0 Å². The maximum atomic E-state index is 11.7. The van der Waals surface area contributed by atoms with Crippen LogP contribution in [0.4, 0.5) is 0 Å². The zero-order valence-electron chi connectivity index (χ0n) is 11.4. The largest absolute Gasteiger partial charge is 0.493 e.